The number of hydrogen-bond donors (Lipinski definition) is 2. The van der Waals surface area contributed by atoms with E-state index < -0.39 is 42.8 Å². The second-order valence-corrected chi connectivity index (χ2v) is 17.1. The van der Waals surface area contributed by atoms with E-state index >= 15 is 0 Å². The Morgan fingerprint density at radius 2 is 1.85 bits per heavy atom. The quantitative estimate of drug-likeness (QED) is 0.103. The molecule has 0 radical (unpaired) electrons. The number of likely N-dealkylation sites (tertiary alicyclic amines) is 1. The second-order valence-electron chi connectivity index (χ2n) is 17.1. The first-order chi connectivity index (χ1) is 31.3. The molecule has 0 spiro atoms. The predicted octanol–water partition coefficient (Wildman–Crippen LogP) is 5.55. The van der Waals surface area contributed by atoms with E-state index in [-0.39, 0.29) is 72.9 Å². The van der Waals surface area contributed by atoms with E-state index in [0.717, 1.165) is 74.6 Å². The van der Waals surface area contributed by atoms with Gasteiger partial charge in [-0.3, -0.25) is 29.1 Å². The molecule has 0 bridgehead atoms. The number of morpholine rings is 1. The summed E-state index contributed by atoms with van der Waals surface area (Å²) in [6.45, 7) is 2.52. The number of hydrogen-bond acceptors (Lipinski definition) is 11. The highest BCUT2D eigenvalue weighted by atomic mass is 19.4. The van der Waals surface area contributed by atoms with Crippen molar-refractivity contribution in [3.63, 3.8) is 0 Å². The van der Waals surface area contributed by atoms with Crippen molar-refractivity contribution in [2.24, 2.45) is 13.0 Å². The number of carbonyl (C=O) groups is 3. The molecule has 4 aliphatic rings. The summed E-state index contributed by atoms with van der Waals surface area (Å²) in [5.41, 5.74) is 1.59. The largest absolute Gasteiger partial charge is 0.416 e. The number of alkyl halides is 5. The van der Waals surface area contributed by atoms with Crippen LogP contribution in [0, 0.1) is 17.8 Å². The van der Waals surface area contributed by atoms with Gasteiger partial charge in [0, 0.05) is 57.4 Å². The van der Waals surface area contributed by atoms with Crippen LogP contribution in [0.4, 0.5) is 33.5 Å². The Bertz CT molecular complexity index is 2640. The standard InChI is InChI=1S/C44H48F5N11O5/c1-56-39-27(4-2-6-30(39)37(54-56)31-11-12-36(61)53-42(31)62)5-3-20-64-29-13-16-57(17-14-29)23-26-7-9-28(10-8-26)60-24-33(38(55-60)40(45)46)51-43(63)32-22-50-59-18-15-35(52-41(32)59)58-19-21-65-34(25-58)44(47,48)49/h2,4,6,15,18,22,24,26,28-29,31,34,40H,7-14,16-17,19-21,23,25H2,1H3,(H,51,63)(H,53,61,62)/t26-,28-,31?,34?. The second kappa shape index (κ2) is 18.5. The number of benzene rings is 1. The summed E-state index contributed by atoms with van der Waals surface area (Å²) < 4.78 is 84.2. The molecule has 65 heavy (non-hydrogen) atoms. The number of para-hydroxylation sites is 1. The molecule has 21 heteroatoms. The van der Waals surface area contributed by atoms with Gasteiger partial charge < -0.3 is 24.6 Å². The average molecular weight is 906 g/mol. The van der Waals surface area contributed by atoms with Crippen molar-refractivity contribution in [1.82, 2.24) is 44.4 Å². The molecule has 7 heterocycles. The Balaban J connectivity index is 0.747. The number of rotatable bonds is 10. The zero-order chi connectivity index (χ0) is 45.4. The Hall–Kier alpha value is -5.98. The van der Waals surface area contributed by atoms with Crippen molar-refractivity contribution < 1.29 is 45.8 Å². The maximum Gasteiger partial charge on any atom is 0.416 e. The highest BCUT2D eigenvalue weighted by Gasteiger charge is 2.44. The molecule has 1 aromatic carbocycles. The zero-order valence-electron chi connectivity index (χ0n) is 35.6. The van der Waals surface area contributed by atoms with Crippen LogP contribution in [0.3, 0.4) is 0 Å². The number of aryl methyl sites for hydroxylation is 1. The van der Waals surface area contributed by atoms with Crippen molar-refractivity contribution in [3.05, 3.63) is 65.4 Å². The van der Waals surface area contributed by atoms with Gasteiger partial charge in [-0.05, 0) is 63.0 Å². The SMILES string of the molecule is Cn1nc(C2CCC(=O)NC2=O)c2cccc(C#CCOC3CCN(C[C@H]4CC[C@H](n5cc(NC(=O)c6cnn7ccc(N8CCOC(C(F)(F)F)C8)nc67)c(C(F)F)n5)CC4)CC3)c21. The molecule has 5 aromatic rings. The first-order valence-electron chi connectivity index (χ1n) is 21.9. The lowest BCUT2D eigenvalue weighted by Crippen LogP contribution is -2.49. The van der Waals surface area contributed by atoms with Gasteiger partial charge in [-0.15, -0.1) is 0 Å². The van der Waals surface area contributed by atoms with E-state index in [9.17, 15) is 36.3 Å². The van der Waals surface area contributed by atoms with Crippen molar-refractivity contribution >= 4 is 45.8 Å². The molecule has 3 amide bonds. The molecule has 2 unspecified atom stereocenters. The number of carbonyl (C=O) groups excluding carboxylic acids is 3. The molecule has 9 rings (SSSR count). The fourth-order valence-electron chi connectivity index (χ4n) is 9.47. The first kappa shape index (κ1) is 44.2. The Labute approximate surface area is 369 Å². The number of imide groups is 1. The number of piperidine rings is 2. The molecule has 2 N–H and O–H groups in total. The monoisotopic (exact) mass is 905 g/mol. The molecule has 1 saturated carbocycles. The summed E-state index contributed by atoms with van der Waals surface area (Å²) >= 11 is 0. The number of nitrogens with zero attached hydrogens (tertiary/aromatic N) is 9. The molecule has 2 atom stereocenters. The van der Waals surface area contributed by atoms with E-state index in [1.807, 2.05) is 25.2 Å². The maximum atomic E-state index is 14.3. The normalized spacial score (nSPS) is 22.7. The number of ether oxygens (including phenoxy) is 2. The minimum Gasteiger partial charge on any atom is -0.365 e. The van der Waals surface area contributed by atoms with Crippen LogP contribution in [0.5, 0.6) is 0 Å². The smallest absolute Gasteiger partial charge is 0.365 e. The first-order valence-corrected chi connectivity index (χ1v) is 21.9. The summed E-state index contributed by atoms with van der Waals surface area (Å²) in [7, 11) is 1.82. The Kier molecular flexibility index (Phi) is 12.6. The van der Waals surface area contributed by atoms with Crippen molar-refractivity contribution in [2.75, 3.05) is 56.2 Å². The number of aromatic nitrogens is 7. The maximum absolute atomic E-state index is 14.3. The highest BCUT2D eigenvalue weighted by molar-refractivity contribution is 6.08. The molecule has 16 nitrogen and oxygen atoms in total. The summed E-state index contributed by atoms with van der Waals surface area (Å²) in [5, 5.41) is 18.8. The van der Waals surface area contributed by atoms with Crippen LogP contribution < -0.4 is 15.5 Å². The van der Waals surface area contributed by atoms with Crippen molar-refractivity contribution in [2.45, 2.75) is 88.1 Å². The van der Waals surface area contributed by atoms with Gasteiger partial charge in [0.15, 0.2) is 17.4 Å². The van der Waals surface area contributed by atoms with E-state index in [4.69, 9.17) is 9.47 Å². The van der Waals surface area contributed by atoms with Gasteiger partial charge in [0.25, 0.3) is 12.3 Å². The number of nitrogens with one attached hydrogen (secondary N) is 2. The Morgan fingerprint density at radius 3 is 2.60 bits per heavy atom. The number of fused-ring (bicyclic) bond motifs is 2. The van der Waals surface area contributed by atoms with E-state index in [1.54, 1.807) is 4.68 Å². The molecular weight excluding hydrogens is 858 g/mol. The minimum absolute atomic E-state index is 0.0373. The lowest BCUT2D eigenvalue weighted by molar-refractivity contribution is -0.221. The molecule has 4 aromatic heterocycles. The van der Waals surface area contributed by atoms with E-state index in [2.05, 4.69) is 47.7 Å². The van der Waals surface area contributed by atoms with E-state index in [0.29, 0.717) is 18.0 Å². The van der Waals surface area contributed by atoms with Gasteiger partial charge in [-0.1, -0.05) is 24.0 Å². The van der Waals surface area contributed by atoms with Crippen LogP contribution in [-0.2, 0) is 26.1 Å². The number of halogens is 5. The van der Waals surface area contributed by atoms with Gasteiger partial charge in [0.2, 0.25) is 11.8 Å². The fraction of sp³-hybridized carbons (Fsp3) is 0.523. The summed E-state index contributed by atoms with van der Waals surface area (Å²) in [6.07, 6.45) is 0.453. The van der Waals surface area contributed by atoms with Gasteiger partial charge >= 0.3 is 6.18 Å². The zero-order valence-corrected chi connectivity index (χ0v) is 35.6. The lowest BCUT2D eigenvalue weighted by Gasteiger charge is -2.36. The van der Waals surface area contributed by atoms with Crippen LogP contribution in [-0.4, -0.2) is 121 Å². The molecule has 344 valence electrons. The van der Waals surface area contributed by atoms with Gasteiger partial charge in [0.1, 0.15) is 18.0 Å². The summed E-state index contributed by atoms with van der Waals surface area (Å²) in [4.78, 5) is 46.0. The minimum atomic E-state index is -4.55. The average Bonchev–Trinajstić information content (AvgIpc) is 4.01. The van der Waals surface area contributed by atoms with Crippen LogP contribution in [0.15, 0.2) is 42.9 Å². The van der Waals surface area contributed by atoms with Crippen LogP contribution >= 0.6 is 0 Å². The van der Waals surface area contributed by atoms with E-state index in [1.165, 1.54) is 38.8 Å². The third-order valence-corrected chi connectivity index (χ3v) is 12.9. The Morgan fingerprint density at radius 1 is 1.05 bits per heavy atom. The third kappa shape index (κ3) is 9.56. The molecular formula is C44H48F5N11O5. The molecule has 3 saturated heterocycles. The molecule has 1 aliphatic carbocycles. The fourth-order valence-corrected chi connectivity index (χ4v) is 9.47. The van der Waals surface area contributed by atoms with Crippen molar-refractivity contribution in [1.29, 1.82) is 0 Å². The summed E-state index contributed by atoms with van der Waals surface area (Å²) in [6, 6.07) is 7.10. The van der Waals surface area contributed by atoms with Gasteiger partial charge in [-0.2, -0.15) is 28.5 Å². The van der Waals surface area contributed by atoms with Crippen LogP contribution in [0.1, 0.15) is 97.1 Å². The van der Waals surface area contributed by atoms with Gasteiger partial charge in [0.05, 0.1) is 59.9 Å². The number of anilines is 2. The topological polar surface area (TPSA) is 166 Å². The van der Waals surface area contributed by atoms with Gasteiger partial charge in [-0.25, -0.2) is 18.3 Å². The van der Waals surface area contributed by atoms with Crippen molar-refractivity contribution in [3.8, 4) is 11.8 Å². The molecule has 4 fully saturated rings. The molecule has 3 aliphatic heterocycles. The third-order valence-electron chi connectivity index (χ3n) is 12.9. The predicted molar refractivity (Wildman–Crippen MR) is 225 cm³/mol. The lowest BCUT2D eigenvalue weighted by atomic mass is 9.85. The van der Waals surface area contributed by atoms with Crippen LogP contribution in [0.25, 0.3) is 16.6 Å². The van der Waals surface area contributed by atoms with Crippen LogP contribution in [0.2, 0.25) is 0 Å². The summed E-state index contributed by atoms with van der Waals surface area (Å²) in [5.74, 6) is 5.18. The highest BCUT2D eigenvalue weighted by Crippen LogP contribution is 2.36. The number of amides is 3.